The van der Waals surface area contributed by atoms with Gasteiger partial charge in [-0.2, -0.15) is 9.36 Å². The van der Waals surface area contributed by atoms with Crippen LogP contribution in [0.25, 0.3) is 16.6 Å². The number of H-pyrrole nitrogens is 1. The number of para-hydroxylation sites is 1. The van der Waals surface area contributed by atoms with Crippen LogP contribution in [-0.4, -0.2) is 67.8 Å². The van der Waals surface area contributed by atoms with Crippen LogP contribution in [-0.2, 0) is 16.1 Å². The second kappa shape index (κ2) is 8.71. The highest BCUT2D eigenvalue weighted by atomic mass is 16.5. The molecule has 0 unspecified atom stereocenters. The molecule has 33 heavy (non-hydrogen) atoms. The summed E-state index contributed by atoms with van der Waals surface area (Å²) in [5, 5.41) is 11.4. The number of carbonyl (C=O) groups excluding carboxylic acids is 2. The summed E-state index contributed by atoms with van der Waals surface area (Å²) in [6.07, 6.45) is 1.67. The van der Waals surface area contributed by atoms with Gasteiger partial charge in [0.25, 0.3) is 5.91 Å². The molecule has 4 aromatic rings. The minimum Gasteiger partial charge on any atom is -0.378 e. The first-order valence-electron chi connectivity index (χ1n) is 10.5. The van der Waals surface area contributed by atoms with E-state index in [1.807, 2.05) is 24.3 Å². The number of aromatic nitrogens is 5. The molecule has 168 valence electrons. The van der Waals surface area contributed by atoms with Crippen LogP contribution in [0, 0.1) is 0 Å². The Morgan fingerprint density at radius 2 is 1.79 bits per heavy atom. The number of hydrogen-bond acceptors (Lipinski definition) is 6. The van der Waals surface area contributed by atoms with Gasteiger partial charge in [0.2, 0.25) is 5.91 Å². The van der Waals surface area contributed by atoms with E-state index in [1.54, 1.807) is 35.4 Å². The first kappa shape index (κ1) is 20.6. The fourth-order valence-electron chi connectivity index (χ4n) is 3.72. The lowest BCUT2D eigenvalue weighted by Gasteiger charge is -2.26. The molecule has 0 aliphatic carbocycles. The lowest BCUT2D eigenvalue weighted by Crippen LogP contribution is -2.43. The summed E-state index contributed by atoms with van der Waals surface area (Å²) in [6, 6.07) is 14.2. The summed E-state index contributed by atoms with van der Waals surface area (Å²) >= 11 is 0. The Labute approximate surface area is 187 Å². The van der Waals surface area contributed by atoms with Crippen LogP contribution in [0.5, 0.6) is 0 Å². The third kappa shape index (κ3) is 4.13. The van der Waals surface area contributed by atoms with E-state index in [1.165, 1.54) is 0 Å². The van der Waals surface area contributed by atoms with Crippen molar-refractivity contribution in [3.8, 4) is 5.69 Å². The number of ether oxygens (including phenoxy) is 1. The Morgan fingerprint density at radius 3 is 2.58 bits per heavy atom. The van der Waals surface area contributed by atoms with Gasteiger partial charge >= 0.3 is 5.69 Å². The van der Waals surface area contributed by atoms with Crippen LogP contribution < -0.4 is 11.0 Å². The molecular formula is C22H21N7O4. The van der Waals surface area contributed by atoms with Gasteiger partial charge < -0.3 is 19.9 Å². The van der Waals surface area contributed by atoms with Gasteiger partial charge in [0.15, 0.2) is 0 Å². The first-order valence-corrected chi connectivity index (χ1v) is 10.5. The van der Waals surface area contributed by atoms with Gasteiger partial charge in [0.1, 0.15) is 6.54 Å². The van der Waals surface area contributed by atoms with E-state index in [-0.39, 0.29) is 18.4 Å². The van der Waals surface area contributed by atoms with E-state index >= 15 is 0 Å². The quantitative estimate of drug-likeness (QED) is 0.470. The van der Waals surface area contributed by atoms with Crippen molar-refractivity contribution in [3.63, 3.8) is 0 Å². The van der Waals surface area contributed by atoms with Gasteiger partial charge in [-0.1, -0.05) is 18.2 Å². The molecule has 1 aliphatic rings. The summed E-state index contributed by atoms with van der Waals surface area (Å²) in [6.45, 7) is 1.77. The van der Waals surface area contributed by atoms with Gasteiger partial charge in [-0.3, -0.25) is 9.59 Å². The summed E-state index contributed by atoms with van der Waals surface area (Å²) in [5.41, 5.74) is 1.94. The van der Waals surface area contributed by atoms with Crippen LogP contribution >= 0.6 is 0 Å². The molecule has 1 fully saturated rings. The van der Waals surface area contributed by atoms with Gasteiger partial charge in [0, 0.05) is 35.9 Å². The number of nitrogens with zero attached hydrogens (tertiary/aromatic N) is 5. The molecule has 2 aromatic heterocycles. The first-order chi connectivity index (χ1) is 16.1. The maximum atomic E-state index is 12.7. The molecule has 3 heterocycles. The SMILES string of the molecule is O=C(Nc1ccc(-n2nnn(CC(=O)N3CCOCC3)c2=O)cc1)c1c[nH]c2ccccc12. The average molecular weight is 447 g/mol. The van der Waals surface area contributed by atoms with Gasteiger partial charge in [0.05, 0.1) is 24.5 Å². The molecule has 2 aromatic carbocycles. The number of benzene rings is 2. The Balaban J connectivity index is 1.28. The van der Waals surface area contributed by atoms with Crippen molar-refractivity contribution in [2.45, 2.75) is 6.54 Å². The van der Waals surface area contributed by atoms with Crippen molar-refractivity contribution in [2.75, 3.05) is 31.6 Å². The van der Waals surface area contributed by atoms with E-state index in [0.29, 0.717) is 43.2 Å². The molecule has 2 N–H and O–H groups in total. The van der Waals surface area contributed by atoms with Crippen LogP contribution in [0.15, 0.2) is 59.5 Å². The fourth-order valence-corrected chi connectivity index (χ4v) is 3.72. The minimum atomic E-state index is -0.521. The molecule has 11 nitrogen and oxygen atoms in total. The van der Waals surface area contributed by atoms with E-state index in [2.05, 4.69) is 20.7 Å². The molecule has 0 radical (unpaired) electrons. The van der Waals surface area contributed by atoms with Crippen LogP contribution in [0.1, 0.15) is 10.4 Å². The number of rotatable bonds is 5. The maximum absolute atomic E-state index is 12.7. The zero-order valence-corrected chi connectivity index (χ0v) is 17.6. The summed E-state index contributed by atoms with van der Waals surface area (Å²) in [7, 11) is 0. The van der Waals surface area contributed by atoms with Crippen LogP contribution in [0.3, 0.4) is 0 Å². The predicted octanol–water partition coefficient (Wildman–Crippen LogP) is 1.02. The van der Waals surface area contributed by atoms with E-state index in [9.17, 15) is 14.4 Å². The van der Waals surface area contributed by atoms with Crippen LogP contribution in [0.2, 0.25) is 0 Å². The molecule has 0 bridgehead atoms. The minimum absolute atomic E-state index is 0.183. The smallest absolute Gasteiger partial charge is 0.368 e. The summed E-state index contributed by atoms with van der Waals surface area (Å²) < 4.78 is 7.38. The number of tetrazole rings is 1. The number of nitrogens with one attached hydrogen (secondary N) is 2. The van der Waals surface area contributed by atoms with Gasteiger partial charge in [-0.25, -0.2) is 4.79 Å². The predicted molar refractivity (Wildman–Crippen MR) is 119 cm³/mol. The number of aromatic amines is 1. The Bertz CT molecular complexity index is 1360. The van der Waals surface area contributed by atoms with E-state index in [0.717, 1.165) is 20.3 Å². The highest BCUT2D eigenvalue weighted by Gasteiger charge is 2.20. The normalized spacial score (nSPS) is 13.9. The molecule has 0 spiro atoms. The second-order valence-corrected chi connectivity index (χ2v) is 7.57. The molecular weight excluding hydrogens is 426 g/mol. The Kier molecular flexibility index (Phi) is 5.45. The van der Waals surface area contributed by atoms with Crippen molar-refractivity contribution in [3.05, 3.63) is 70.8 Å². The second-order valence-electron chi connectivity index (χ2n) is 7.57. The molecule has 0 saturated carbocycles. The number of carbonyl (C=O) groups is 2. The zero-order chi connectivity index (χ0) is 22.8. The van der Waals surface area contributed by atoms with Crippen molar-refractivity contribution in [1.29, 1.82) is 0 Å². The molecule has 11 heteroatoms. The monoisotopic (exact) mass is 447 g/mol. The molecule has 2 amide bonds. The lowest BCUT2D eigenvalue weighted by atomic mass is 10.1. The Morgan fingerprint density at radius 1 is 1.03 bits per heavy atom. The van der Waals surface area contributed by atoms with Crippen molar-refractivity contribution in [2.24, 2.45) is 0 Å². The molecule has 1 aliphatic heterocycles. The number of morpholine rings is 1. The highest BCUT2D eigenvalue weighted by Crippen LogP contribution is 2.19. The van der Waals surface area contributed by atoms with E-state index < -0.39 is 5.69 Å². The number of hydrogen-bond donors (Lipinski definition) is 2. The number of fused-ring (bicyclic) bond motifs is 1. The van der Waals surface area contributed by atoms with Crippen molar-refractivity contribution < 1.29 is 14.3 Å². The maximum Gasteiger partial charge on any atom is 0.368 e. The number of anilines is 1. The molecule has 0 atom stereocenters. The largest absolute Gasteiger partial charge is 0.378 e. The van der Waals surface area contributed by atoms with Crippen LogP contribution in [0.4, 0.5) is 5.69 Å². The standard InChI is InChI=1S/C22H21N7O4/c30-20(27-9-11-33-12-10-27)14-28-22(32)29(26-25-28)16-7-5-15(6-8-16)24-21(31)18-13-23-19-4-2-1-3-17(18)19/h1-8,13,23H,9-12,14H2,(H,24,31). The third-order valence-corrected chi connectivity index (χ3v) is 5.49. The number of amides is 2. The molecule has 1 saturated heterocycles. The molecule has 5 rings (SSSR count). The Hall–Kier alpha value is -4.25. The third-order valence-electron chi connectivity index (χ3n) is 5.49. The van der Waals surface area contributed by atoms with E-state index in [4.69, 9.17) is 4.74 Å². The van der Waals surface area contributed by atoms with Crippen molar-refractivity contribution >= 4 is 28.4 Å². The highest BCUT2D eigenvalue weighted by molar-refractivity contribution is 6.12. The van der Waals surface area contributed by atoms with Gasteiger partial charge in [-0.15, -0.1) is 0 Å². The lowest BCUT2D eigenvalue weighted by molar-refractivity contribution is -0.136. The fraction of sp³-hybridized carbons (Fsp3) is 0.227. The summed E-state index contributed by atoms with van der Waals surface area (Å²) in [4.78, 5) is 42.4. The topological polar surface area (TPSA) is 127 Å². The average Bonchev–Trinajstić information content (AvgIpc) is 3.44. The van der Waals surface area contributed by atoms with Crippen molar-refractivity contribution in [1.82, 2.24) is 29.7 Å². The van der Waals surface area contributed by atoms with Gasteiger partial charge in [-0.05, 0) is 40.8 Å². The summed E-state index contributed by atoms with van der Waals surface area (Å²) in [5.74, 6) is -0.451. The zero-order valence-electron chi connectivity index (χ0n) is 17.6.